The zero-order valence-electron chi connectivity index (χ0n) is 18.7. The summed E-state index contributed by atoms with van der Waals surface area (Å²) in [7, 11) is 1.41. The first-order chi connectivity index (χ1) is 16.2. The molecule has 0 amide bonds. The molecule has 0 bridgehead atoms. The van der Waals surface area contributed by atoms with Crippen molar-refractivity contribution in [2.24, 2.45) is 0 Å². The van der Waals surface area contributed by atoms with Gasteiger partial charge in [-0.25, -0.2) is 0 Å². The fraction of sp³-hybridized carbons (Fsp3) is 0.636. The Balaban J connectivity index is 1.68. The molecule has 0 radical (unpaired) electrons. The molecule has 12 nitrogen and oxygen atoms in total. The minimum Gasteiger partial charge on any atom is -0.493 e. The monoisotopic (exact) mass is 488 g/mol. The molecule has 3 rings (SSSR count). The molecule has 10 atom stereocenters. The van der Waals surface area contributed by atoms with E-state index in [1.807, 2.05) is 0 Å². The average Bonchev–Trinajstić information content (AvgIpc) is 2.84. The van der Waals surface area contributed by atoms with Gasteiger partial charge in [-0.1, -0.05) is 18.2 Å². The van der Waals surface area contributed by atoms with Crippen LogP contribution in [0.5, 0.6) is 11.5 Å². The summed E-state index contributed by atoms with van der Waals surface area (Å²) in [5.41, 5.74) is 0.720. The molecule has 2 heterocycles. The second-order valence-electron chi connectivity index (χ2n) is 8.14. The molecule has 1 aromatic rings. The zero-order valence-corrected chi connectivity index (χ0v) is 18.7. The van der Waals surface area contributed by atoms with Crippen LogP contribution >= 0.6 is 0 Å². The molecular formula is C22H32O12. The topological polar surface area (TPSA) is 188 Å². The van der Waals surface area contributed by atoms with E-state index in [4.69, 9.17) is 28.8 Å². The van der Waals surface area contributed by atoms with Gasteiger partial charge in [0.1, 0.15) is 42.7 Å². The predicted molar refractivity (Wildman–Crippen MR) is 115 cm³/mol. The molecule has 0 unspecified atom stereocenters. The van der Waals surface area contributed by atoms with Gasteiger partial charge in [0.25, 0.3) is 0 Å². The van der Waals surface area contributed by atoms with Crippen LogP contribution in [0.1, 0.15) is 12.5 Å². The third kappa shape index (κ3) is 5.86. The first-order valence-corrected chi connectivity index (χ1v) is 10.8. The number of hydrogen-bond acceptors (Lipinski definition) is 12. The van der Waals surface area contributed by atoms with E-state index in [9.17, 15) is 30.6 Å². The Hall–Kier alpha value is -1.84. The fourth-order valence-electron chi connectivity index (χ4n) is 3.69. The second kappa shape index (κ2) is 11.7. The highest BCUT2D eigenvalue weighted by molar-refractivity contribution is 5.56. The first-order valence-electron chi connectivity index (χ1n) is 10.8. The highest BCUT2D eigenvalue weighted by Gasteiger charge is 2.47. The van der Waals surface area contributed by atoms with Crippen LogP contribution in [0.25, 0.3) is 6.08 Å². The molecule has 12 heteroatoms. The van der Waals surface area contributed by atoms with Crippen LogP contribution in [0.15, 0.2) is 24.3 Å². The van der Waals surface area contributed by atoms with Gasteiger partial charge >= 0.3 is 0 Å². The van der Waals surface area contributed by atoms with Crippen molar-refractivity contribution in [3.05, 3.63) is 29.8 Å². The van der Waals surface area contributed by atoms with E-state index < -0.39 is 68.0 Å². The van der Waals surface area contributed by atoms with Crippen molar-refractivity contribution >= 4 is 6.08 Å². The van der Waals surface area contributed by atoms with Gasteiger partial charge in [-0.2, -0.15) is 0 Å². The van der Waals surface area contributed by atoms with Gasteiger partial charge < -0.3 is 59.4 Å². The van der Waals surface area contributed by atoms with Crippen LogP contribution in [0.3, 0.4) is 0 Å². The maximum Gasteiger partial charge on any atom is 0.229 e. The lowest BCUT2D eigenvalue weighted by Crippen LogP contribution is -2.61. The van der Waals surface area contributed by atoms with Gasteiger partial charge in [0, 0.05) is 0 Å². The number of aliphatic hydroxyl groups is 7. The second-order valence-corrected chi connectivity index (χ2v) is 8.14. The lowest BCUT2D eigenvalue weighted by Gasteiger charge is -2.42. The van der Waals surface area contributed by atoms with Crippen molar-refractivity contribution in [1.82, 2.24) is 0 Å². The molecule has 0 spiro atoms. The standard InChI is InChI=1S/C22H32O12/c1-10-15(24)17(26)19(28)21(32-10)31-9-14-16(25)18(27)20(29)22(34-14)33-12-6-5-11(4-3-7-23)8-13(12)30-2/h3-6,8,10,14-29H,7,9H2,1-2H3/b4-3+/t10-,14+,15-,16+,17+,18-,19+,20+,21+,22+/m0/s1. The van der Waals surface area contributed by atoms with Crippen molar-refractivity contribution < 1.29 is 59.4 Å². The smallest absolute Gasteiger partial charge is 0.229 e. The summed E-state index contributed by atoms with van der Waals surface area (Å²) in [5.74, 6) is 0.484. The number of ether oxygens (including phenoxy) is 5. The van der Waals surface area contributed by atoms with Crippen molar-refractivity contribution in [3.8, 4) is 11.5 Å². The molecular weight excluding hydrogens is 456 g/mol. The SMILES string of the molecule is COc1cc(/C=C/CO)ccc1O[C@@H]1O[C@H](CO[C@@H]2O[C@@H](C)[C@H](O)[C@@H](O)[C@H]2O)[C@@H](O)[C@H](O)[C@H]1O. The van der Waals surface area contributed by atoms with E-state index in [0.29, 0.717) is 5.75 Å². The summed E-state index contributed by atoms with van der Waals surface area (Å²) in [5, 5.41) is 69.7. The molecule has 0 aliphatic carbocycles. The van der Waals surface area contributed by atoms with Gasteiger partial charge in [-0.15, -0.1) is 0 Å². The number of aliphatic hydroxyl groups excluding tert-OH is 7. The van der Waals surface area contributed by atoms with Crippen molar-refractivity contribution in [1.29, 1.82) is 0 Å². The molecule has 2 aliphatic rings. The van der Waals surface area contributed by atoms with Crippen molar-refractivity contribution in [2.45, 2.75) is 68.3 Å². The van der Waals surface area contributed by atoms with Crippen molar-refractivity contribution in [3.63, 3.8) is 0 Å². The normalized spacial score (nSPS) is 38.7. The summed E-state index contributed by atoms with van der Waals surface area (Å²) in [6, 6.07) is 4.86. The zero-order chi connectivity index (χ0) is 25.0. The number of methoxy groups -OCH3 is 1. The quantitative estimate of drug-likeness (QED) is 0.208. The predicted octanol–water partition coefficient (Wildman–Crippen LogP) is -2.27. The Bertz CT molecular complexity index is 819. The highest BCUT2D eigenvalue weighted by Crippen LogP contribution is 2.33. The fourth-order valence-corrected chi connectivity index (χ4v) is 3.69. The Morgan fingerprint density at radius 2 is 1.53 bits per heavy atom. The van der Waals surface area contributed by atoms with Crippen LogP contribution < -0.4 is 9.47 Å². The lowest BCUT2D eigenvalue weighted by atomic mass is 9.98. The van der Waals surface area contributed by atoms with E-state index in [0.717, 1.165) is 5.56 Å². The summed E-state index contributed by atoms with van der Waals surface area (Å²) in [6.07, 6.45) is -10.7. The van der Waals surface area contributed by atoms with Gasteiger partial charge in [0.05, 0.1) is 26.4 Å². The molecule has 2 saturated heterocycles. The van der Waals surface area contributed by atoms with Gasteiger partial charge in [0.2, 0.25) is 6.29 Å². The summed E-state index contributed by atoms with van der Waals surface area (Å²) >= 11 is 0. The number of hydrogen-bond donors (Lipinski definition) is 7. The molecule has 192 valence electrons. The maximum absolute atomic E-state index is 10.4. The van der Waals surface area contributed by atoms with E-state index in [2.05, 4.69) is 0 Å². The molecule has 2 fully saturated rings. The molecule has 34 heavy (non-hydrogen) atoms. The van der Waals surface area contributed by atoms with E-state index in [1.165, 1.54) is 14.0 Å². The largest absolute Gasteiger partial charge is 0.493 e. The minimum atomic E-state index is -1.64. The van der Waals surface area contributed by atoms with Crippen LogP contribution in [0.2, 0.25) is 0 Å². The molecule has 0 aromatic heterocycles. The summed E-state index contributed by atoms with van der Waals surface area (Å²) in [6.45, 7) is 0.960. The summed E-state index contributed by atoms with van der Waals surface area (Å²) < 4.78 is 27.4. The van der Waals surface area contributed by atoms with Gasteiger partial charge in [-0.05, 0) is 24.6 Å². The third-order valence-electron chi connectivity index (χ3n) is 5.75. The highest BCUT2D eigenvalue weighted by atomic mass is 16.7. The van der Waals surface area contributed by atoms with Crippen molar-refractivity contribution in [2.75, 3.05) is 20.3 Å². The summed E-state index contributed by atoms with van der Waals surface area (Å²) in [4.78, 5) is 0. The molecule has 1 aromatic carbocycles. The Morgan fingerprint density at radius 1 is 0.853 bits per heavy atom. The van der Waals surface area contributed by atoms with E-state index in [-0.39, 0.29) is 12.4 Å². The molecule has 7 N–H and O–H groups in total. The number of benzene rings is 1. The molecule has 0 saturated carbocycles. The third-order valence-corrected chi connectivity index (χ3v) is 5.75. The first kappa shape index (κ1) is 26.8. The average molecular weight is 488 g/mol. The molecule has 2 aliphatic heterocycles. The van der Waals surface area contributed by atoms with Crippen LogP contribution in [0.4, 0.5) is 0 Å². The Morgan fingerprint density at radius 3 is 2.21 bits per heavy atom. The Labute approximate surface area is 196 Å². The van der Waals surface area contributed by atoms with Crippen LogP contribution in [0, 0.1) is 0 Å². The van der Waals surface area contributed by atoms with Crippen LogP contribution in [-0.4, -0.2) is 117 Å². The van der Waals surface area contributed by atoms with Crippen LogP contribution in [-0.2, 0) is 14.2 Å². The number of rotatable bonds is 8. The van der Waals surface area contributed by atoms with E-state index in [1.54, 1.807) is 30.4 Å². The van der Waals surface area contributed by atoms with Gasteiger partial charge in [0.15, 0.2) is 17.8 Å². The van der Waals surface area contributed by atoms with Gasteiger partial charge in [-0.3, -0.25) is 0 Å². The minimum absolute atomic E-state index is 0.131. The maximum atomic E-state index is 10.4. The lowest BCUT2D eigenvalue weighted by molar-refractivity contribution is -0.318. The Kier molecular flexibility index (Phi) is 9.23. The van der Waals surface area contributed by atoms with E-state index >= 15 is 0 Å².